The minimum atomic E-state index is -4.52. The predicted octanol–water partition coefficient (Wildman–Crippen LogP) is 5.26. The number of aromatic nitrogens is 2. The highest BCUT2D eigenvalue weighted by atomic mass is 32.2. The lowest BCUT2D eigenvalue weighted by atomic mass is 10.2. The van der Waals surface area contributed by atoms with Crippen LogP contribution in [0.3, 0.4) is 0 Å². The molecule has 0 spiro atoms. The van der Waals surface area contributed by atoms with E-state index in [4.69, 9.17) is 0 Å². The Morgan fingerprint density at radius 1 is 1.03 bits per heavy atom. The van der Waals surface area contributed by atoms with E-state index in [2.05, 4.69) is 0 Å². The Bertz CT molecular complexity index is 1760. The number of anilines is 1. The Morgan fingerprint density at radius 2 is 1.79 bits per heavy atom. The van der Waals surface area contributed by atoms with Gasteiger partial charge in [-0.1, -0.05) is 17.8 Å². The van der Waals surface area contributed by atoms with Crippen LogP contribution in [-0.4, -0.2) is 11.6 Å². The van der Waals surface area contributed by atoms with Crippen LogP contribution >= 0.6 is 23.1 Å². The molecule has 0 radical (unpaired) electrons. The Hall–Kier alpha value is -3.44. The van der Waals surface area contributed by atoms with E-state index in [9.17, 15) is 26.7 Å². The Kier molecular flexibility index (Phi) is 7.15. The van der Waals surface area contributed by atoms with Crippen molar-refractivity contribution < 1.29 is 26.5 Å². The van der Waals surface area contributed by atoms with Crippen molar-refractivity contribution >= 4 is 39.9 Å². The third-order valence-electron chi connectivity index (χ3n) is 6.32. The van der Waals surface area contributed by atoms with Crippen molar-refractivity contribution in [2.75, 3.05) is 11.9 Å². The van der Waals surface area contributed by atoms with Gasteiger partial charge in [-0.25, -0.2) is 8.78 Å². The molecule has 1 aliphatic rings. The largest absolute Gasteiger partial charge is 0.417 e. The quantitative estimate of drug-likeness (QED) is 0.245. The molecule has 0 N–H and O–H groups in total. The van der Waals surface area contributed by atoms with E-state index >= 15 is 0 Å². The van der Waals surface area contributed by atoms with Gasteiger partial charge in [-0.05, 0) is 50.2 Å². The third-order valence-corrected chi connectivity index (χ3v) is 8.85. The van der Waals surface area contributed by atoms with Crippen molar-refractivity contribution in [1.29, 1.82) is 0 Å². The molecule has 2 aromatic heterocycles. The Morgan fingerprint density at radius 3 is 2.49 bits per heavy atom. The van der Waals surface area contributed by atoms with Gasteiger partial charge >= 0.3 is 6.18 Å². The average molecular weight is 577 g/mol. The fourth-order valence-electron chi connectivity index (χ4n) is 4.45. The van der Waals surface area contributed by atoms with Gasteiger partial charge in [-0.15, -0.1) is 11.3 Å². The van der Waals surface area contributed by atoms with Crippen LogP contribution in [0.25, 0.3) is 11.1 Å². The number of halogens is 5. The third kappa shape index (κ3) is 5.12. The standard InChI is InChI=1S/C28H23F5N3OS2/c1-16(2)36-23(14-18-7-4-5-12-35(18)15-17-10-11-20(29)21(30)13-17)38-25(26(36)37)27-34(3)22-9-6-8-19(24(22)39-27)28(31,32)33/h4-14,16H,15H2,1-3H3/q+1. The summed E-state index contributed by atoms with van der Waals surface area (Å²) < 4.78 is 72.6. The summed E-state index contributed by atoms with van der Waals surface area (Å²) in [5.41, 5.74) is 0.642. The van der Waals surface area contributed by atoms with Crippen molar-refractivity contribution in [1.82, 2.24) is 4.57 Å². The van der Waals surface area contributed by atoms with Crippen LogP contribution in [-0.2, 0) is 12.7 Å². The van der Waals surface area contributed by atoms with Crippen LogP contribution in [0.4, 0.5) is 27.6 Å². The van der Waals surface area contributed by atoms with E-state index in [-0.39, 0.29) is 23.0 Å². The zero-order valence-electron chi connectivity index (χ0n) is 21.1. The summed E-state index contributed by atoms with van der Waals surface area (Å²) in [6, 6.07) is 13.0. The normalized spacial score (nSPS) is 15.4. The zero-order valence-corrected chi connectivity index (χ0v) is 22.7. The topological polar surface area (TPSA) is 29.1 Å². The van der Waals surface area contributed by atoms with Gasteiger partial charge < -0.3 is 4.90 Å². The van der Waals surface area contributed by atoms with Gasteiger partial charge in [-0.2, -0.15) is 17.7 Å². The van der Waals surface area contributed by atoms with Crippen LogP contribution in [0.2, 0.25) is 0 Å². The number of fused-ring (bicyclic) bond motifs is 1. The first-order valence-corrected chi connectivity index (χ1v) is 13.6. The number of thiazole rings is 1. The van der Waals surface area contributed by atoms with Crippen LogP contribution in [0.15, 0.2) is 70.5 Å². The minimum absolute atomic E-state index is 0.0735. The number of thioether (sulfide) groups is 1. The molecule has 0 bridgehead atoms. The molecule has 3 heterocycles. The first-order chi connectivity index (χ1) is 18.5. The maximum atomic E-state index is 13.8. The fourth-order valence-corrected chi connectivity index (χ4v) is 7.10. The summed E-state index contributed by atoms with van der Waals surface area (Å²) in [7, 11) is 1.66. The molecule has 0 atom stereocenters. The summed E-state index contributed by atoms with van der Waals surface area (Å²) in [6.45, 7) is 3.99. The van der Waals surface area contributed by atoms with Gasteiger partial charge in [0.15, 0.2) is 24.4 Å². The van der Waals surface area contributed by atoms with E-state index in [1.54, 1.807) is 28.8 Å². The molecule has 1 aliphatic heterocycles. The number of pyridine rings is 1. The molecule has 4 nitrogen and oxygen atoms in total. The number of alkyl halides is 3. The molecule has 4 aromatic rings. The second kappa shape index (κ2) is 10.3. The number of hydrogen-bond acceptors (Lipinski definition) is 4. The molecule has 5 rings (SSSR count). The van der Waals surface area contributed by atoms with E-state index < -0.39 is 23.4 Å². The summed E-state index contributed by atoms with van der Waals surface area (Å²) in [5, 5.41) is 0.438. The predicted molar refractivity (Wildman–Crippen MR) is 143 cm³/mol. The van der Waals surface area contributed by atoms with Crippen molar-refractivity contribution in [3.63, 3.8) is 0 Å². The van der Waals surface area contributed by atoms with Gasteiger partial charge in [0.05, 0.1) is 11.3 Å². The number of rotatable bonds is 4. The second-order valence-electron chi connectivity index (χ2n) is 9.30. The molecule has 202 valence electrons. The summed E-state index contributed by atoms with van der Waals surface area (Å²) in [5.74, 6) is -1.86. The number of hydrogen-bond donors (Lipinski definition) is 0. The average Bonchev–Trinajstić information content (AvgIpc) is 3.38. The monoisotopic (exact) mass is 576 g/mol. The number of nitrogens with zero attached hydrogens (tertiary/aromatic N) is 3. The molecule has 2 aromatic carbocycles. The molecule has 0 saturated heterocycles. The maximum Gasteiger partial charge on any atom is 0.417 e. The lowest BCUT2D eigenvalue weighted by Crippen LogP contribution is -2.38. The van der Waals surface area contributed by atoms with Crippen molar-refractivity contribution in [2.45, 2.75) is 37.5 Å². The molecular weight excluding hydrogens is 553 g/mol. The molecule has 0 unspecified atom stereocenters. The van der Waals surface area contributed by atoms with Crippen LogP contribution in [0.1, 0.15) is 36.7 Å². The highest BCUT2D eigenvalue weighted by Gasteiger charge is 2.38. The molecule has 0 saturated carbocycles. The van der Waals surface area contributed by atoms with Gasteiger partial charge in [0.2, 0.25) is 5.69 Å². The smallest absolute Gasteiger partial charge is 0.337 e. The Labute approximate surface area is 229 Å². The molecule has 0 aliphatic carbocycles. The van der Waals surface area contributed by atoms with E-state index in [0.29, 0.717) is 31.2 Å². The highest BCUT2D eigenvalue weighted by molar-refractivity contribution is 8.08. The molecule has 11 heteroatoms. The summed E-state index contributed by atoms with van der Waals surface area (Å²) in [6.07, 6.45) is -0.899. The minimum Gasteiger partial charge on any atom is -0.337 e. The van der Waals surface area contributed by atoms with E-state index in [1.165, 1.54) is 23.5 Å². The van der Waals surface area contributed by atoms with Crippen molar-refractivity contribution in [3.8, 4) is 0 Å². The molecule has 0 amide bonds. The highest BCUT2D eigenvalue weighted by Crippen LogP contribution is 2.50. The molecular formula is C28H23F5N3OS2+. The zero-order chi connectivity index (χ0) is 28.1. The van der Waals surface area contributed by atoms with Crippen LogP contribution in [0.5, 0.6) is 0 Å². The van der Waals surface area contributed by atoms with Crippen molar-refractivity contribution in [3.05, 3.63) is 109 Å². The number of benzene rings is 2. The maximum absolute atomic E-state index is 13.8. The van der Waals surface area contributed by atoms with Gasteiger partial charge in [0.25, 0.3) is 5.56 Å². The van der Waals surface area contributed by atoms with Crippen molar-refractivity contribution in [2.24, 2.45) is 0 Å². The van der Waals surface area contributed by atoms with Gasteiger partial charge in [0, 0.05) is 41.8 Å². The summed E-state index contributed by atoms with van der Waals surface area (Å²) >= 11 is 2.15. The molecule has 0 fully saturated rings. The van der Waals surface area contributed by atoms with Crippen LogP contribution in [0, 0.1) is 11.6 Å². The molecule has 39 heavy (non-hydrogen) atoms. The fraction of sp³-hybridized carbons (Fsp3) is 0.214. The van der Waals surface area contributed by atoms with E-state index in [0.717, 1.165) is 30.0 Å². The lowest BCUT2D eigenvalue weighted by molar-refractivity contribution is -0.690. The SMILES string of the molecule is CC(C)n1c(=Cc2cccc[n+]2Cc2ccc(F)c(F)c2)sc(=C2Sc3c(cccc3C(F)(F)F)N2C)c1=O. The van der Waals surface area contributed by atoms with Crippen LogP contribution < -0.4 is 24.2 Å². The lowest BCUT2D eigenvalue weighted by Gasteiger charge is -2.13. The second-order valence-corrected chi connectivity index (χ2v) is 11.3. The van der Waals surface area contributed by atoms with E-state index in [1.807, 2.05) is 42.7 Å². The van der Waals surface area contributed by atoms with Gasteiger partial charge in [0.1, 0.15) is 14.2 Å². The summed E-state index contributed by atoms with van der Waals surface area (Å²) in [4.78, 5) is 15.3. The first kappa shape index (κ1) is 27.1. The first-order valence-electron chi connectivity index (χ1n) is 12.0. The van der Waals surface area contributed by atoms with Gasteiger partial charge in [-0.3, -0.25) is 9.36 Å². The Balaban J connectivity index is 1.66.